The van der Waals surface area contributed by atoms with E-state index in [1.54, 1.807) is 6.92 Å². The van der Waals surface area contributed by atoms with E-state index in [4.69, 9.17) is 9.84 Å². The average Bonchev–Trinajstić information content (AvgIpc) is 2.59. The number of aryl methyl sites for hydroxylation is 1. The van der Waals surface area contributed by atoms with Gasteiger partial charge in [-0.15, -0.1) is 0 Å². The summed E-state index contributed by atoms with van der Waals surface area (Å²) in [5.74, 6) is -0.912. The highest BCUT2D eigenvalue weighted by Crippen LogP contribution is 2.29. The number of carbonyl (C=O) groups is 1. The molecule has 0 unspecified atom stereocenters. The molecule has 6 heteroatoms. The number of carboxylic acids is 1. The molecule has 17 heavy (non-hydrogen) atoms. The van der Waals surface area contributed by atoms with Crippen molar-refractivity contribution in [3.8, 4) is 0 Å². The van der Waals surface area contributed by atoms with Gasteiger partial charge in [-0.25, -0.2) is 9.78 Å². The number of nitrogens with one attached hydrogen (secondary N) is 1. The van der Waals surface area contributed by atoms with Crippen molar-refractivity contribution in [2.75, 3.05) is 18.5 Å². The fourth-order valence-electron chi connectivity index (χ4n) is 1.85. The molecule has 1 saturated heterocycles. The predicted molar refractivity (Wildman–Crippen MR) is 65.9 cm³/mol. The number of rotatable bonds is 3. The van der Waals surface area contributed by atoms with Crippen LogP contribution in [0.5, 0.6) is 0 Å². The Bertz CT molecular complexity index is 424. The van der Waals surface area contributed by atoms with E-state index in [1.807, 2.05) is 0 Å². The fourth-order valence-corrected chi connectivity index (χ4v) is 2.81. The van der Waals surface area contributed by atoms with E-state index in [0.717, 1.165) is 26.1 Å². The SMILES string of the molecule is Cc1nc(NC2(C)CCOCC2)sc1C(=O)O. The lowest BCUT2D eigenvalue weighted by Crippen LogP contribution is -2.40. The van der Waals surface area contributed by atoms with E-state index in [9.17, 15) is 4.79 Å². The van der Waals surface area contributed by atoms with E-state index in [0.29, 0.717) is 15.7 Å². The van der Waals surface area contributed by atoms with Gasteiger partial charge >= 0.3 is 5.97 Å². The first-order valence-electron chi connectivity index (χ1n) is 5.57. The minimum atomic E-state index is -0.912. The molecule has 2 N–H and O–H groups in total. The van der Waals surface area contributed by atoms with Gasteiger partial charge in [0.05, 0.1) is 5.69 Å². The summed E-state index contributed by atoms with van der Waals surface area (Å²) in [6, 6.07) is 0. The lowest BCUT2D eigenvalue weighted by atomic mass is 9.93. The minimum absolute atomic E-state index is 0.0433. The van der Waals surface area contributed by atoms with Crippen molar-refractivity contribution in [2.45, 2.75) is 32.2 Å². The summed E-state index contributed by atoms with van der Waals surface area (Å²) in [7, 11) is 0. The zero-order valence-corrected chi connectivity index (χ0v) is 10.8. The van der Waals surface area contributed by atoms with Crippen LogP contribution in [-0.2, 0) is 4.74 Å². The summed E-state index contributed by atoms with van der Waals surface area (Å²) in [6.07, 6.45) is 1.82. The highest BCUT2D eigenvalue weighted by Gasteiger charge is 2.28. The molecular weight excluding hydrogens is 240 g/mol. The van der Waals surface area contributed by atoms with Crippen LogP contribution in [0.1, 0.15) is 35.1 Å². The molecule has 0 radical (unpaired) electrons. The minimum Gasteiger partial charge on any atom is -0.477 e. The van der Waals surface area contributed by atoms with Crippen LogP contribution in [0.2, 0.25) is 0 Å². The molecule has 0 aromatic carbocycles. The third kappa shape index (κ3) is 2.76. The van der Waals surface area contributed by atoms with E-state index < -0.39 is 5.97 Å². The molecular formula is C11H16N2O3S. The van der Waals surface area contributed by atoms with Gasteiger partial charge in [0.15, 0.2) is 5.13 Å². The first-order valence-corrected chi connectivity index (χ1v) is 6.38. The molecule has 2 rings (SSSR count). The number of nitrogens with zero attached hydrogens (tertiary/aromatic N) is 1. The standard InChI is InChI=1S/C11H16N2O3S/c1-7-8(9(14)15)17-10(12-7)13-11(2)3-5-16-6-4-11/h3-6H2,1-2H3,(H,12,13)(H,14,15). The summed E-state index contributed by atoms with van der Waals surface area (Å²) < 4.78 is 5.32. The molecule has 5 nitrogen and oxygen atoms in total. The Labute approximate surface area is 104 Å². The second-order valence-corrected chi connectivity index (χ2v) is 5.54. The molecule has 0 spiro atoms. The van der Waals surface area contributed by atoms with E-state index >= 15 is 0 Å². The molecule has 0 atom stereocenters. The van der Waals surface area contributed by atoms with E-state index in [2.05, 4.69) is 17.2 Å². The number of anilines is 1. The number of carboxylic acid groups (broad SMARTS) is 1. The summed E-state index contributed by atoms with van der Waals surface area (Å²) in [5.41, 5.74) is 0.527. The smallest absolute Gasteiger partial charge is 0.347 e. The molecule has 1 aromatic rings. The molecule has 0 saturated carbocycles. The zero-order valence-electron chi connectivity index (χ0n) is 9.95. The largest absolute Gasteiger partial charge is 0.477 e. The second-order valence-electron chi connectivity index (χ2n) is 4.54. The van der Waals surface area contributed by atoms with Gasteiger partial charge < -0.3 is 15.2 Å². The van der Waals surface area contributed by atoms with Crippen molar-refractivity contribution in [3.05, 3.63) is 10.6 Å². The van der Waals surface area contributed by atoms with Crippen molar-refractivity contribution < 1.29 is 14.6 Å². The molecule has 94 valence electrons. The molecule has 0 aliphatic carbocycles. The highest BCUT2D eigenvalue weighted by molar-refractivity contribution is 7.17. The maximum absolute atomic E-state index is 10.9. The second kappa shape index (κ2) is 4.62. The number of ether oxygens (including phenoxy) is 1. The lowest BCUT2D eigenvalue weighted by molar-refractivity contribution is 0.0657. The van der Waals surface area contributed by atoms with Crippen molar-refractivity contribution >= 4 is 22.4 Å². The van der Waals surface area contributed by atoms with Gasteiger partial charge in [0.2, 0.25) is 0 Å². The highest BCUT2D eigenvalue weighted by atomic mass is 32.1. The van der Waals surface area contributed by atoms with Crippen LogP contribution in [0, 0.1) is 6.92 Å². The Hall–Kier alpha value is -1.14. The Morgan fingerprint density at radius 3 is 2.71 bits per heavy atom. The van der Waals surface area contributed by atoms with Gasteiger partial charge in [-0.2, -0.15) is 0 Å². The number of aromatic nitrogens is 1. The van der Waals surface area contributed by atoms with Gasteiger partial charge in [-0.1, -0.05) is 11.3 Å². The van der Waals surface area contributed by atoms with Crippen molar-refractivity contribution in [1.29, 1.82) is 0 Å². The van der Waals surface area contributed by atoms with Crippen LogP contribution in [0.4, 0.5) is 5.13 Å². The first-order chi connectivity index (χ1) is 8.00. The number of hydrogen-bond donors (Lipinski definition) is 2. The van der Waals surface area contributed by atoms with E-state index in [1.165, 1.54) is 11.3 Å². The first kappa shape index (κ1) is 12.3. The van der Waals surface area contributed by atoms with E-state index in [-0.39, 0.29) is 5.54 Å². The number of aromatic carboxylic acids is 1. The van der Waals surface area contributed by atoms with Gasteiger partial charge in [0.1, 0.15) is 4.88 Å². The molecule has 0 amide bonds. The van der Waals surface area contributed by atoms with Crippen LogP contribution >= 0.6 is 11.3 Å². The Morgan fingerprint density at radius 1 is 1.53 bits per heavy atom. The normalized spacial score (nSPS) is 18.9. The van der Waals surface area contributed by atoms with Crippen molar-refractivity contribution in [2.24, 2.45) is 0 Å². The van der Waals surface area contributed by atoms with Gasteiger partial charge in [-0.3, -0.25) is 0 Å². The number of hydrogen-bond acceptors (Lipinski definition) is 5. The summed E-state index contributed by atoms with van der Waals surface area (Å²) in [6.45, 7) is 5.31. The topological polar surface area (TPSA) is 71.5 Å². The predicted octanol–water partition coefficient (Wildman–Crippen LogP) is 2.13. The monoisotopic (exact) mass is 256 g/mol. The molecule has 1 aliphatic heterocycles. The van der Waals surface area contributed by atoms with Gasteiger partial charge in [-0.05, 0) is 26.7 Å². The van der Waals surface area contributed by atoms with Crippen LogP contribution in [0.15, 0.2) is 0 Å². The van der Waals surface area contributed by atoms with Crippen molar-refractivity contribution in [3.63, 3.8) is 0 Å². The third-order valence-electron chi connectivity index (χ3n) is 3.00. The van der Waals surface area contributed by atoms with Crippen LogP contribution in [-0.4, -0.2) is 34.8 Å². The molecule has 0 bridgehead atoms. The molecule has 1 aliphatic rings. The summed E-state index contributed by atoms with van der Waals surface area (Å²) >= 11 is 1.20. The summed E-state index contributed by atoms with van der Waals surface area (Å²) in [4.78, 5) is 15.5. The average molecular weight is 256 g/mol. The molecule has 1 aromatic heterocycles. The number of thiazole rings is 1. The van der Waals surface area contributed by atoms with Crippen LogP contribution < -0.4 is 5.32 Å². The van der Waals surface area contributed by atoms with Crippen LogP contribution in [0.25, 0.3) is 0 Å². The summed E-state index contributed by atoms with van der Waals surface area (Å²) in [5, 5.41) is 13.0. The quantitative estimate of drug-likeness (QED) is 0.866. The zero-order chi connectivity index (χ0) is 12.5. The Morgan fingerprint density at radius 2 is 2.18 bits per heavy atom. The fraction of sp³-hybridized carbons (Fsp3) is 0.636. The Balaban J connectivity index is 2.13. The molecule has 2 heterocycles. The van der Waals surface area contributed by atoms with Crippen molar-refractivity contribution in [1.82, 2.24) is 4.98 Å². The Kier molecular flexibility index (Phi) is 3.35. The van der Waals surface area contributed by atoms with Gasteiger partial charge in [0, 0.05) is 18.8 Å². The van der Waals surface area contributed by atoms with Gasteiger partial charge in [0.25, 0.3) is 0 Å². The lowest BCUT2D eigenvalue weighted by Gasteiger charge is -2.34. The maximum Gasteiger partial charge on any atom is 0.347 e. The molecule has 1 fully saturated rings. The maximum atomic E-state index is 10.9. The third-order valence-corrected chi connectivity index (χ3v) is 4.06. The van der Waals surface area contributed by atoms with Crippen LogP contribution in [0.3, 0.4) is 0 Å².